The van der Waals surface area contributed by atoms with Crippen LogP contribution in [-0.4, -0.2) is 45.2 Å². The number of nitrogens with one attached hydrogen (secondary N) is 1. The molecule has 0 aromatic heterocycles. The van der Waals surface area contributed by atoms with Crippen molar-refractivity contribution in [1.29, 1.82) is 0 Å². The molecule has 5 nitrogen and oxygen atoms in total. The van der Waals surface area contributed by atoms with Crippen LogP contribution in [-0.2, 0) is 4.79 Å². The van der Waals surface area contributed by atoms with Crippen molar-refractivity contribution in [3.8, 4) is 0 Å². The highest BCUT2D eigenvalue weighted by molar-refractivity contribution is 5.79. The molecule has 0 aromatic rings. The van der Waals surface area contributed by atoms with Crippen molar-refractivity contribution in [1.82, 2.24) is 5.32 Å². The average Bonchev–Trinajstić information content (AvgIpc) is 2.58. The average molecular weight is 419 g/mol. The highest BCUT2D eigenvalue weighted by Crippen LogP contribution is 2.35. The summed E-state index contributed by atoms with van der Waals surface area (Å²) in [5.74, 6) is -1.23. The van der Waals surface area contributed by atoms with Crippen LogP contribution in [0.1, 0.15) is 59.3 Å². The van der Waals surface area contributed by atoms with Crippen LogP contribution in [0.25, 0.3) is 0 Å². The molecule has 1 fully saturated rings. The van der Waals surface area contributed by atoms with Crippen molar-refractivity contribution in [3.05, 3.63) is 35.6 Å². The lowest BCUT2D eigenvalue weighted by Gasteiger charge is -2.32. The molecule has 166 valence electrons. The summed E-state index contributed by atoms with van der Waals surface area (Å²) in [5.41, 5.74) is -2.02. The first-order chi connectivity index (χ1) is 13.3. The molecular formula is C21H32F3NO4. The lowest BCUT2D eigenvalue weighted by Crippen LogP contribution is -2.46. The van der Waals surface area contributed by atoms with Gasteiger partial charge in [-0.15, -0.1) is 0 Å². The Morgan fingerprint density at radius 2 is 2.00 bits per heavy atom. The number of amides is 1. The minimum absolute atomic E-state index is 0.113. The molecule has 1 aliphatic carbocycles. The molecular weight excluding hydrogens is 387 g/mol. The normalized spacial score (nSPS) is 25.6. The Morgan fingerprint density at radius 3 is 2.55 bits per heavy atom. The van der Waals surface area contributed by atoms with Crippen LogP contribution in [0, 0.1) is 5.92 Å². The fourth-order valence-electron chi connectivity index (χ4n) is 3.29. The predicted molar refractivity (Wildman–Crippen MR) is 105 cm³/mol. The molecule has 2 unspecified atom stereocenters. The van der Waals surface area contributed by atoms with Crippen molar-refractivity contribution in [2.24, 2.45) is 5.92 Å². The van der Waals surface area contributed by atoms with Gasteiger partial charge in [0.2, 0.25) is 5.91 Å². The maximum absolute atomic E-state index is 12.9. The third-order valence-electron chi connectivity index (χ3n) is 5.18. The zero-order valence-corrected chi connectivity index (χ0v) is 17.2. The number of alkyl halides is 3. The Labute approximate surface area is 170 Å². The molecule has 0 bridgehead atoms. The van der Waals surface area contributed by atoms with Crippen molar-refractivity contribution >= 4 is 5.91 Å². The van der Waals surface area contributed by atoms with Crippen LogP contribution in [0.4, 0.5) is 13.2 Å². The number of aliphatic hydroxyl groups excluding tert-OH is 2. The van der Waals surface area contributed by atoms with Gasteiger partial charge in [0.1, 0.15) is 0 Å². The Bertz CT molecular complexity index is 653. The fourth-order valence-corrected chi connectivity index (χ4v) is 3.29. The molecule has 0 aromatic carbocycles. The summed E-state index contributed by atoms with van der Waals surface area (Å²) >= 11 is 0. The number of carbonyl (C=O) groups excluding carboxylic acids is 1. The second-order valence-corrected chi connectivity index (χ2v) is 7.92. The maximum atomic E-state index is 12.9. The fraction of sp³-hybridized carbons (Fsp3) is 0.667. The second kappa shape index (κ2) is 10.4. The molecule has 0 aliphatic heterocycles. The molecule has 8 heteroatoms. The van der Waals surface area contributed by atoms with E-state index in [1.165, 1.54) is 0 Å². The van der Waals surface area contributed by atoms with E-state index in [1.807, 2.05) is 26.0 Å². The molecule has 0 saturated heterocycles. The Kier molecular flexibility index (Phi) is 9.11. The Balaban J connectivity index is 3.12. The van der Waals surface area contributed by atoms with E-state index in [2.05, 4.69) is 11.9 Å². The molecule has 1 saturated carbocycles. The number of rotatable bonds is 8. The van der Waals surface area contributed by atoms with Crippen molar-refractivity contribution in [2.75, 3.05) is 0 Å². The van der Waals surface area contributed by atoms with Gasteiger partial charge < -0.3 is 20.6 Å². The van der Waals surface area contributed by atoms with Crippen LogP contribution in [0.15, 0.2) is 35.6 Å². The van der Waals surface area contributed by atoms with Crippen LogP contribution >= 0.6 is 0 Å². The summed E-state index contributed by atoms with van der Waals surface area (Å²) in [5, 5.41) is 32.3. The van der Waals surface area contributed by atoms with Crippen LogP contribution in [0.2, 0.25) is 0 Å². The summed E-state index contributed by atoms with van der Waals surface area (Å²) in [4.78, 5) is 12.3. The quantitative estimate of drug-likeness (QED) is 0.358. The van der Waals surface area contributed by atoms with E-state index >= 15 is 0 Å². The number of unbranched alkanes of at least 4 members (excludes halogenated alkanes) is 1. The molecule has 1 amide bonds. The smallest absolute Gasteiger partial charge is 0.393 e. The number of carbonyl (C=O) groups is 1. The number of hydrogen-bond donors (Lipinski definition) is 4. The van der Waals surface area contributed by atoms with Gasteiger partial charge in [0.25, 0.3) is 0 Å². The lowest BCUT2D eigenvalue weighted by atomic mass is 9.82. The van der Waals surface area contributed by atoms with Crippen molar-refractivity contribution in [2.45, 2.75) is 83.3 Å². The topological polar surface area (TPSA) is 89.8 Å². The van der Waals surface area contributed by atoms with Gasteiger partial charge in [0, 0.05) is 18.5 Å². The van der Waals surface area contributed by atoms with Gasteiger partial charge in [-0.05, 0) is 50.2 Å². The maximum Gasteiger partial charge on any atom is 0.417 e. The van der Waals surface area contributed by atoms with Crippen molar-refractivity contribution in [3.63, 3.8) is 0 Å². The summed E-state index contributed by atoms with van der Waals surface area (Å²) in [6, 6.07) is 0. The van der Waals surface area contributed by atoms with Gasteiger partial charge >= 0.3 is 6.18 Å². The highest BCUT2D eigenvalue weighted by atomic mass is 19.4. The van der Waals surface area contributed by atoms with Crippen LogP contribution < -0.4 is 5.32 Å². The largest absolute Gasteiger partial charge is 0.417 e. The van der Waals surface area contributed by atoms with E-state index in [4.69, 9.17) is 0 Å². The molecule has 4 atom stereocenters. The van der Waals surface area contributed by atoms with E-state index in [1.54, 1.807) is 0 Å². The monoisotopic (exact) mass is 419 g/mol. The summed E-state index contributed by atoms with van der Waals surface area (Å²) < 4.78 is 38.8. The third-order valence-corrected chi connectivity index (χ3v) is 5.18. The van der Waals surface area contributed by atoms with Gasteiger partial charge in [0.15, 0.2) is 5.60 Å². The molecule has 1 rings (SSSR count). The zero-order valence-electron chi connectivity index (χ0n) is 17.2. The summed E-state index contributed by atoms with van der Waals surface area (Å²) in [7, 11) is 0. The predicted octanol–water partition coefficient (Wildman–Crippen LogP) is 3.51. The van der Waals surface area contributed by atoms with E-state index < -0.39 is 36.3 Å². The standard InChI is InChI=1S/C21H32F3NO4/c1-5-6-7-8-9-13(2)19(16-10-15(26)11-17(27)14(16)3)25-18(28)12-20(4,29)21(22,23)24/h5-6,13,15,17,26-27,29H,3,7-12H2,1-2,4H3,(H,25,28)/t13?,15-,17+,20?/m1/s1. The van der Waals surface area contributed by atoms with E-state index in [9.17, 15) is 33.3 Å². The zero-order chi connectivity index (χ0) is 22.4. The molecule has 0 radical (unpaired) electrons. The van der Waals surface area contributed by atoms with Gasteiger partial charge in [-0.3, -0.25) is 4.79 Å². The molecule has 4 N–H and O–H groups in total. The summed E-state index contributed by atoms with van der Waals surface area (Å²) in [6.45, 7) is 8.10. The number of allylic oxidation sites excluding steroid dienone is 3. The molecule has 1 aliphatic rings. The first-order valence-electron chi connectivity index (χ1n) is 9.78. The SMILES string of the molecule is C=C1C(=C(NC(=O)CC(C)(O)C(F)(F)F)C(C)CCCC=CC)C[C@@H](O)C[C@@H]1O. The van der Waals surface area contributed by atoms with Crippen molar-refractivity contribution < 1.29 is 33.3 Å². The van der Waals surface area contributed by atoms with E-state index in [0.29, 0.717) is 30.2 Å². The van der Waals surface area contributed by atoms with E-state index in [-0.39, 0.29) is 18.8 Å². The Hall–Kier alpha value is -1.64. The highest BCUT2D eigenvalue weighted by Gasteiger charge is 2.51. The first kappa shape index (κ1) is 25.4. The molecule has 0 heterocycles. The molecule has 29 heavy (non-hydrogen) atoms. The number of halogens is 3. The lowest BCUT2D eigenvalue weighted by molar-refractivity contribution is -0.253. The van der Waals surface area contributed by atoms with Gasteiger partial charge in [-0.2, -0.15) is 13.2 Å². The van der Waals surface area contributed by atoms with Gasteiger partial charge in [-0.25, -0.2) is 0 Å². The van der Waals surface area contributed by atoms with Crippen LogP contribution in [0.3, 0.4) is 0 Å². The minimum Gasteiger partial charge on any atom is -0.393 e. The van der Waals surface area contributed by atoms with Crippen LogP contribution in [0.5, 0.6) is 0 Å². The number of aliphatic hydroxyl groups is 3. The number of hydrogen-bond acceptors (Lipinski definition) is 4. The third kappa shape index (κ3) is 7.28. The van der Waals surface area contributed by atoms with Gasteiger partial charge in [0.05, 0.1) is 18.6 Å². The first-order valence-corrected chi connectivity index (χ1v) is 9.78. The summed E-state index contributed by atoms with van der Waals surface area (Å²) in [6.07, 6.45) is -1.54. The van der Waals surface area contributed by atoms with Gasteiger partial charge in [-0.1, -0.05) is 25.7 Å². The minimum atomic E-state index is -4.95. The second-order valence-electron chi connectivity index (χ2n) is 7.92. The van der Waals surface area contributed by atoms with E-state index in [0.717, 1.165) is 12.8 Å². The Morgan fingerprint density at radius 1 is 1.38 bits per heavy atom. The molecule has 0 spiro atoms.